The number of fused-ring (bicyclic) bond motifs is 4. The maximum atomic E-state index is 6.61. The number of ether oxygens (including phenoxy) is 1. The van der Waals surface area contributed by atoms with Crippen LogP contribution < -0.4 is 9.30 Å². The Hall–Kier alpha value is -4.41. The molecule has 5 nitrogen and oxygen atoms in total. The maximum Gasteiger partial charge on any atom is 0.268 e. The molecule has 8 rings (SSSR count). The van der Waals surface area contributed by atoms with Crippen LogP contribution in [0.3, 0.4) is 0 Å². The normalized spacial score (nSPS) is 11.7. The Morgan fingerprint density at radius 3 is 2.23 bits per heavy atom. The van der Waals surface area contributed by atoms with Crippen molar-refractivity contribution in [2.75, 3.05) is 0 Å². The van der Waals surface area contributed by atoms with Gasteiger partial charge < -0.3 is 13.9 Å². The quantitative estimate of drug-likeness (QED) is 0.128. The average molecular weight is 847 g/mol. The maximum absolute atomic E-state index is 6.61. The Bertz CT molecular complexity index is 2460. The van der Waals surface area contributed by atoms with E-state index in [1.165, 1.54) is 5.56 Å². The molecule has 0 radical (unpaired) electrons. The van der Waals surface area contributed by atoms with Crippen molar-refractivity contribution in [3.8, 4) is 28.7 Å². The van der Waals surface area contributed by atoms with Crippen molar-refractivity contribution in [3.05, 3.63) is 149 Å². The van der Waals surface area contributed by atoms with E-state index in [1.807, 2.05) is 82.1 Å². The molecule has 3 heterocycles. The van der Waals surface area contributed by atoms with Crippen LogP contribution in [0.1, 0.15) is 26.3 Å². The Morgan fingerprint density at radius 2 is 1.44 bits per heavy atom. The minimum Gasteiger partial charge on any atom is -0.510 e. The second-order valence-electron chi connectivity index (χ2n) is 12.4. The van der Waals surface area contributed by atoms with Crippen molar-refractivity contribution in [3.63, 3.8) is 0 Å². The van der Waals surface area contributed by atoms with Gasteiger partial charge in [0.05, 0.1) is 21.1 Å². The molecule has 0 bridgehead atoms. The third-order valence-corrected chi connectivity index (χ3v) is 8.95. The van der Waals surface area contributed by atoms with E-state index in [0.29, 0.717) is 27.2 Å². The smallest absolute Gasteiger partial charge is 0.268 e. The van der Waals surface area contributed by atoms with Crippen molar-refractivity contribution >= 4 is 56.0 Å². The van der Waals surface area contributed by atoms with Gasteiger partial charge >= 0.3 is 0 Å². The zero-order valence-corrected chi connectivity index (χ0v) is 30.0. The minimum atomic E-state index is -0.0172. The van der Waals surface area contributed by atoms with Crippen LogP contribution in [-0.2, 0) is 26.5 Å². The van der Waals surface area contributed by atoms with E-state index in [-0.39, 0.29) is 26.5 Å². The summed E-state index contributed by atoms with van der Waals surface area (Å²) in [6.45, 7) is 6.63. The van der Waals surface area contributed by atoms with Crippen molar-refractivity contribution in [1.82, 2.24) is 14.1 Å². The summed E-state index contributed by atoms with van der Waals surface area (Å²) in [5.74, 6) is 1.95. The number of rotatable bonds is 5. The second kappa shape index (κ2) is 12.6. The SMILES string of the molecule is CC(C)(C)c1ccnc(-n2c3[c-]c(Oc4[c-]c(-[n+]5[c-]n(-c6c(Cl)cccc6Cl)c6ccccc65)ccc4)ccc3c3ccccc32)c1.[Pt]. The van der Waals surface area contributed by atoms with Crippen molar-refractivity contribution in [1.29, 1.82) is 0 Å². The van der Waals surface area contributed by atoms with Crippen LogP contribution in [0.4, 0.5) is 0 Å². The van der Waals surface area contributed by atoms with Gasteiger partial charge in [0.15, 0.2) is 0 Å². The van der Waals surface area contributed by atoms with Gasteiger partial charge in [-0.25, -0.2) is 4.98 Å². The zero-order valence-electron chi connectivity index (χ0n) is 26.2. The fourth-order valence-corrected chi connectivity index (χ4v) is 6.60. The topological polar surface area (TPSA) is 35.9 Å². The average Bonchev–Trinajstić information content (AvgIpc) is 3.61. The molecule has 0 amide bonds. The molecule has 48 heavy (non-hydrogen) atoms. The molecule has 0 saturated carbocycles. The largest absolute Gasteiger partial charge is 0.510 e. The summed E-state index contributed by atoms with van der Waals surface area (Å²) < 4.78 is 12.4. The molecule has 5 aromatic carbocycles. The fraction of sp³-hybridized carbons (Fsp3) is 0.100. The molecule has 0 aliphatic carbocycles. The van der Waals surface area contributed by atoms with Gasteiger partial charge in [0.1, 0.15) is 11.5 Å². The molecule has 8 aromatic rings. The predicted octanol–water partition coefficient (Wildman–Crippen LogP) is 10.2. The van der Waals surface area contributed by atoms with E-state index in [4.69, 9.17) is 32.9 Å². The molecule has 0 saturated heterocycles. The molecule has 0 fully saturated rings. The first-order valence-corrected chi connectivity index (χ1v) is 16.0. The van der Waals surface area contributed by atoms with Crippen molar-refractivity contribution in [2.45, 2.75) is 26.2 Å². The summed E-state index contributed by atoms with van der Waals surface area (Å²) >= 11 is 13.2. The van der Waals surface area contributed by atoms with Crippen molar-refractivity contribution < 1.29 is 30.4 Å². The Morgan fingerprint density at radius 1 is 0.729 bits per heavy atom. The van der Waals surface area contributed by atoms with E-state index in [2.05, 4.69) is 86.3 Å². The van der Waals surface area contributed by atoms with Crippen LogP contribution in [0.2, 0.25) is 10.0 Å². The summed E-state index contributed by atoms with van der Waals surface area (Å²) in [5, 5.41) is 3.27. The fourth-order valence-electron chi connectivity index (χ4n) is 6.03. The number of nitrogens with zero attached hydrogens (tertiary/aromatic N) is 4. The first-order valence-electron chi connectivity index (χ1n) is 15.3. The van der Waals surface area contributed by atoms with Gasteiger partial charge in [-0.05, 0) is 52.4 Å². The predicted molar refractivity (Wildman–Crippen MR) is 189 cm³/mol. The van der Waals surface area contributed by atoms with Gasteiger partial charge in [-0.2, -0.15) is 18.2 Å². The molecule has 0 aliphatic heterocycles. The number of hydrogen-bond acceptors (Lipinski definition) is 2. The van der Waals surface area contributed by atoms with Crippen LogP contribution in [0.25, 0.3) is 50.0 Å². The molecule has 240 valence electrons. The van der Waals surface area contributed by atoms with Crippen LogP contribution in [-0.4, -0.2) is 14.1 Å². The van der Waals surface area contributed by atoms with E-state index in [9.17, 15) is 0 Å². The molecular weight excluding hydrogens is 818 g/mol. The standard InChI is InChI=1S/C40H28Cl2N4O.Pt/c1-40(2,3)26-20-21-43-38(22-26)46-34-15-5-4-12-30(34)31-19-18-29(24-37(31)46)47-28-11-8-10-27(23-28)44-25-45(36-17-7-6-16-35(36)44)39-32(41)13-9-14-33(39)42;/h4-22H,1-3H3;/q-2;. The number of halogens is 2. The molecule has 8 heteroatoms. The monoisotopic (exact) mass is 845 g/mol. The summed E-state index contributed by atoms with van der Waals surface area (Å²) in [6, 6.07) is 42.9. The first kappa shape index (κ1) is 32.2. The third kappa shape index (κ3) is 5.60. The number of pyridine rings is 1. The van der Waals surface area contributed by atoms with Gasteiger partial charge in [0.2, 0.25) is 0 Å². The van der Waals surface area contributed by atoms with Gasteiger partial charge in [-0.15, -0.1) is 29.7 Å². The minimum absolute atomic E-state index is 0. The number of benzene rings is 5. The van der Waals surface area contributed by atoms with Crippen LogP contribution >= 0.6 is 23.2 Å². The first-order chi connectivity index (χ1) is 22.8. The third-order valence-electron chi connectivity index (χ3n) is 8.34. The van der Waals surface area contributed by atoms with Crippen molar-refractivity contribution in [2.24, 2.45) is 0 Å². The molecule has 3 aromatic heterocycles. The Labute approximate surface area is 303 Å². The van der Waals surface area contributed by atoms with Gasteiger partial charge in [0.25, 0.3) is 6.33 Å². The number of para-hydroxylation sites is 4. The summed E-state index contributed by atoms with van der Waals surface area (Å²) in [7, 11) is 0. The summed E-state index contributed by atoms with van der Waals surface area (Å²) in [6.07, 6.45) is 5.31. The van der Waals surface area contributed by atoms with Gasteiger partial charge in [-0.1, -0.05) is 98.0 Å². The van der Waals surface area contributed by atoms with Crippen LogP contribution in [0, 0.1) is 18.5 Å². The Kier molecular flexibility index (Phi) is 8.41. The van der Waals surface area contributed by atoms with Gasteiger partial charge in [-0.3, -0.25) is 4.57 Å². The Balaban J connectivity index is 0.00000364. The second-order valence-corrected chi connectivity index (χ2v) is 13.2. The summed E-state index contributed by atoms with van der Waals surface area (Å²) in [4.78, 5) is 4.79. The van der Waals surface area contributed by atoms with E-state index in [1.54, 1.807) is 0 Å². The van der Waals surface area contributed by atoms with E-state index in [0.717, 1.165) is 44.3 Å². The molecule has 0 aliphatic rings. The molecular formula is C40H28Cl2N4OPt-2. The number of hydrogen-bond donors (Lipinski definition) is 0. The zero-order chi connectivity index (χ0) is 32.3. The van der Waals surface area contributed by atoms with Crippen LogP contribution in [0.5, 0.6) is 11.5 Å². The molecule has 0 unspecified atom stereocenters. The molecule has 0 atom stereocenters. The summed E-state index contributed by atoms with van der Waals surface area (Å²) in [5.41, 5.74) is 6.37. The number of aromatic nitrogens is 4. The molecule has 0 spiro atoms. The van der Waals surface area contributed by atoms with Gasteiger partial charge in [0, 0.05) is 44.3 Å². The van der Waals surface area contributed by atoms with E-state index >= 15 is 0 Å². The number of imidazole rings is 1. The molecule has 0 N–H and O–H groups in total. The van der Waals surface area contributed by atoms with E-state index < -0.39 is 0 Å². The van der Waals surface area contributed by atoms with Crippen LogP contribution in [0.15, 0.2) is 115 Å².